The molecule has 0 N–H and O–H groups in total. The van der Waals surface area contributed by atoms with Gasteiger partial charge in [0.2, 0.25) is 5.91 Å². The first kappa shape index (κ1) is 16.2. The number of carbonyl (C=O) groups excluding carboxylic acids is 3. The molecule has 5 heteroatoms. The van der Waals surface area contributed by atoms with Gasteiger partial charge in [-0.15, -0.1) is 0 Å². The van der Waals surface area contributed by atoms with E-state index in [0.29, 0.717) is 5.56 Å². The van der Waals surface area contributed by atoms with Gasteiger partial charge in [-0.25, -0.2) is 9.69 Å². The smallest absolute Gasteiger partial charge is 0.417 e. The zero-order valence-electron chi connectivity index (χ0n) is 13.3. The van der Waals surface area contributed by atoms with Crippen LogP contribution < -0.4 is 0 Å². The Balaban J connectivity index is 2.19. The third kappa shape index (κ3) is 3.03. The fourth-order valence-corrected chi connectivity index (χ4v) is 2.47. The molecule has 2 atom stereocenters. The van der Waals surface area contributed by atoms with E-state index in [4.69, 9.17) is 4.74 Å². The van der Waals surface area contributed by atoms with E-state index in [-0.39, 0.29) is 24.3 Å². The van der Waals surface area contributed by atoms with E-state index in [0.717, 1.165) is 10.5 Å². The minimum absolute atomic E-state index is 0.0806. The Morgan fingerprint density at radius 2 is 1.77 bits per heavy atom. The van der Waals surface area contributed by atoms with Crippen LogP contribution in [0.15, 0.2) is 24.3 Å². The van der Waals surface area contributed by atoms with Crippen molar-refractivity contribution in [1.29, 1.82) is 0 Å². The summed E-state index contributed by atoms with van der Waals surface area (Å²) < 4.78 is 4.97. The molecule has 118 valence electrons. The van der Waals surface area contributed by atoms with E-state index in [1.165, 1.54) is 6.92 Å². The first-order valence-electron chi connectivity index (χ1n) is 7.43. The molecule has 5 nitrogen and oxygen atoms in total. The molecule has 1 saturated heterocycles. The summed E-state index contributed by atoms with van der Waals surface area (Å²) in [5.41, 5.74) is 1.51. The second kappa shape index (κ2) is 6.30. The normalized spacial score (nSPS) is 19.2. The lowest BCUT2D eigenvalue weighted by molar-refractivity contribution is -0.132. The van der Waals surface area contributed by atoms with Crippen LogP contribution in [0.3, 0.4) is 0 Å². The molecule has 2 rings (SSSR count). The highest BCUT2D eigenvalue weighted by Gasteiger charge is 2.42. The molecule has 1 heterocycles. The summed E-state index contributed by atoms with van der Waals surface area (Å²) in [6, 6.07) is 6.73. The second-order valence-electron chi connectivity index (χ2n) is 6.05. The van der Waals surface area contributed by atoms with E-state index < -0.39 is 17.9 Å². The Morgan fingerprint density at radius 3 is 2.32 bits per heavy atom. The molecule has 2 amide bonds. The number of amides is 2. The molecule has 0 aliphatic carbocycles. The number of nitrogens with zero attached hydrogens (tertiary/aromatic N) is 1. The maximum atomic E-state index is 12.6. The van der Waals surface area contributed by atoms with Crippen molar-refractivity contribution < 1.29 is 19.1 Å². The van der Waals surface area contributed by atoms with Crippen LogP contribution in [0.25, 0.3) is 0 Å². The number of hydrogen-bond donors (Lipinski definition) is 0. The molecule has 0 unspecified atom stereocenters. The number of carbonyl (C=O) groups is 3. The molecular formula is C17H21NO4. The number of cyclic esters (lactones) is 1. The average molecular weight is 303 g/mol. The van der Waals surface area contributed by atoms with Gasteiger partial charge in [-0.3, -0.25) is 9.59 Å². The second-order valence-corrected chi connectivity index (χ2v) is 6.05. The molecular weight excluding hydrogens is 282 g/mol. The lowest BCUT2D eigenvalue weighted by Gasteiger charge is -2.24. The van der Waals surface area contributed by atoms with Gasteiger partial charge in [0.25, 0.3) is 0 Å². The molecule has 22 heavy (non-hydrogen) atoms. The van der Waals surface area contributed by atoms with Gasteiger partial charge < -0.3 is 4.74 Å². The van der Waals surface area contributed by atoms with Crippen molar-refractivity contribution in [3.05, 3.63) is 35.4 Å². The van der Waals surface area contributed by atoms with Crippen LogP contribution >= 0.6 is 0 Å². The topological polar surface area (TPSA) is 63.7 Å². The summed E-state index contributed by atoms with van der Waals surface area (Å²) in [6.45, 7) is 7.48. The Bertz CT molecular complexity index is 591. The molecule has 0 radical (unpaired) electrons. The lowest BCUT2D eigenvalue weighted by Crippen LogP contribution is -2.46. The van der Waals surface area contributed by atoms with E-state index in [1.54, 1.807) is 12.1 Å². The van der Waals surface area contributed by atoms with Crippen molar-refractivity contribution in [2.75, 3.05) is 6.61 Å². The van der Waals surface area contributed by atoms with Crippen molar-refractivity contribution in [2.24, 2.45) is 11.8 Å². The molecule has 0 saturated carbocycles. The van der Waals surface area contributed by atoms with Crippen LogP contribution in [0.5, 0.6) is 0 Å². The highest BCUT2D eigenvalue weighted by Crippen LogP contribution is 2.23. The third-order valence-corrected chi connectivity index (χ3v) is 4.01. The van der Waals surface area contributed by atoms with Gasteiger partial charge in [0, 0.05) is 5.56 Å². The molecule has 0 spiro atoms. The summed E-state index contributed by atoms with van der Waals surface area (Å²) in [5, 5.41) is 0. The summed E-state index contributed by atoms with van der Waals surface area (Å²) in [4.78, 5) is 37.9. The standard InChI is InChI=1S/C17H21NO4/c1-10(2)14-9-22-17(21)18(14)16(20)12(4)15(19)13-7-5-11(3)6-8-13/h5-8,10,12,14H,9H2,1-4H3/t12-,14-/m1/s1. The minimum Gasteiger partial charge on any atom is -0.447 e. The molecule has 1 aromatic rings. The summed E-state index contributed by atoms with van der Waals surface area (Å²) in [5.74, 6) is -1.61. The first-order valence-corrected chi connectivity index (χ1v) is 7.43. The minimum atomic E-state index is -0.908. The largest absolute Gasteiger partial charge is 0.447 e. The molecule has 0 aromatic heterocycles. The van der Waals surface area contributed by atoms with Crippen molar-refractivity contribution in [1.82, 2.24) is 4.90 Å². The van der Waals surface area contributed by atoms with E-state index in [2.05, 4.69) is 0 Å². The number of aryl methyl sites for hydroxylation is 1. The molecule has 1 aromatic carbocycles. The molecule has 1 aliphatic heterocycles. The van der Waals surface area contributed by atoms with Gasteiger partial charge in [0.05, 0.1) is 12.0 Å². The summed E-state index contributed by atoms with van der Waals surface area (Å²) in [6.07, 6.45) is -0.660. The fraction of sp³-hybridized carbons (Fsp3) is 0.471. The Hall–Kier alpha value is -2.17. The van der Waals surface area contributed by atoms with Crippen LogP contribution in [0.4, 0.5) is 4.79 Å². The number of imide groups is 1. The Morgan fingerprint density at radius 1 is 1.18 bits per heavy atom. The average Bonchev–Trinajstić information content (AvgIpc) is 2.87. The highest BCUT2D eigenvalue weighted by molar-refractivity contribution is 6.12. The van der Waals surface area contributed by atoms with Gasteiger partial charge in [-0.1, -0.05) is 43.7 Å². The highest BCUT2D eigenvalue weighted by atomic mass is 16.6. The number of ether oxygens (including phenoxy) is 1. The number of benzene rings is 1. The van der Waals surface area contributed by atoms with Crippen LogP contribution in [0, 0.1) is 18.8 Å². The van der Waals surface area contributed by atoms with Gasteiger partial charge in [-0.2, -0.15) is 0 Å². The van der Waals surface area contributed by atoms with Gasteiger partial charge >= 0.3 is 6.09 Å². The van der Waals surface area contributed by atoms with Crippen molar-refractivity contribution in [3.8, 4) is 0 Å². The zero-order chi connectivity index (χ0) is 16.4. The Labute approximate surface area is 130 Å². The van der Waals surface area contributed by atoms with Gasteiger partial charge in [0.1, 0.15) is 6.61 Å². The van der Waals surface area contributed by atoms with E-state index in [1.807, 2.05) is 32.9 Å². The number of hydrogen-bond acceptors (Lipinski definition) is 4. The number of rotatable bonds is 4. The summed E-state index contributed by atoms with van der Waals surface area (Å²) >= 11 is 0. The number of Topliss-reactive ketones (excluding diaryl/α,β-unsaturated/α-hetero) is 1. The predicted molar refractivity (Wildman–Crippen MR) is 81.5 cm³/mol. The van der Waals surface area contributed by atoms with Gasteiger partial charge in [-0.05, 0) is 19.8 Å². The maximum absolute atomic E-state index is 12.6. The molecule has 0 bridgehead atoms. The van der Waals surface area contributed by atoms with Crippen molar-refractivity contribution >= 4 is 17.8 Å². The van der Waals surface area contributed by atoms with E-state index in [9.17, 15) is 14.4 Å². The number of ketones is 1. The third-order valence-electron chi connectivity index (χ3n) is 4.01. The van der Waals surface area contributed by atoms with Crippen LogP contribution in [-0.4, -0.2) is 35.3 Å². The van der Waals surface area contributed by atoms with Crippen LogP contribution in [-0.2, 0) is 9.53 Å². The Kier molecular flexibility index (Phi) is 4.64. The first-order chi connectivity index (χ1) is 10.3. The monoisotopic (exact) mass is 303 g/mol. The van der Waals surface area contributed by atoms with Crippen LogP contribution in [0.2, 0.25) is 0 Å². The summed E-state index contributed by atoms with van der Waals surface area (Å²) in [7, 11) is 0. The molecule has 1 aliphatic rings. The quantitative estimate of drug-likeness (QED) is 0.634. The van der Waals surface area contributed by atoms with Gasteiger partial charge in [0.15, 0.2) is 5.78 Å². The fourth-order valence-electron chi connectivity index (χ4n) is 2.47. The lowest BCUT2D eigenvalue weighted by atomic mass is 9.96. The van der Waals surface area contributed by atoms with E-state index >= 15 is 0 Å². The van der Waals surface area contributed by atoms with Crippen LogP contribution in [0.1, 0.15) is 36.7 Å². The van der Waals surface area contributed by atoms with Crippen molar-refractivity contribution in [3.63, 3.8) is 0 Å². The predicted octanol–water partition coefficient (Wildman–Crippen LogP) is 2.82. The SMILES string of the molecule is Cc1ccc(C(=O)[C@@H](C)C(=O)N2C(=O)OC[C@@H]2C(C)C)cc1. The zero-order valence-corrected chi connectivity index (χ0v) is 13.3. The molecule has 1 fully saturated rings. The maximum Gasteiger partial charge on any atom is 0.417 e. The van der Waals surface area contributed by atoms with Crippen molar-refractivity contribution in [2.45, 2.75) is 33.7 Å².